The van der Waals surface area contributed by atoms with Gasteiger partial charge in [-0.05, 0) is 31.2 Å². The second-order valence-electron chi connectivity index (χ2n) is 3.14. The fourth-order valence-corrected chi connectivity index (χ4v) is 2.83. The Balaban J connectivity index is 3.20. The lowest BCUT2D eigenvalue weighted by atomic mass is 10.4. The summed E-state index contributed by atoms with van der Waals surface area (Å²) < 4.78 is 24.8. The molecule has 0 unspecified atom stereocenters. The van der Waals surface area contributed by atoms with Gasteiger partial charge < -0.3 is 0 Å². The van der Waals surface area contributed by atoms with Gasteiger partial charge in [-0.1, -0.05) is 11.6 Å². The summed E-state index contributed by atoms with van der Waals surface area (Å²) in [5.74, 6) is -0.502. The van der Waals surface area contributed by atoms with E-state index < -0.39 is 15.9 Å². The number of halogens is 1. The molecule has 0 aromatic heterocycles. The van der Waals surface area contributed by atoms with E-state index in [1.165, 1.54) is 31.2 Å². The highest BCUT2D eigenvalue weighted by Crippen LogP contribution is 2.18. The minimum Gasteiger partial charge on any atom is -0.274 e. The molecule has 16 heavy (non-hydrogen) atoms. The lowest BCUT2D eigenvalue weighted by Gasteiger charge is -2.18. The number of nitrogens with zero attached hydrogens (tertiary/aromatic N) is 1. The van der Waals surface area contributed by atoms with Gasteiger partial charge in [0.25, 0.3) is 10.0 Å². The maximum absolute atomic E-state index is 12.0. The molecule has 0 N–H and O–H groups in total. The van der Waals surface area contributed by atoms with Crippen molar-refractivity contribution in [1.29, 1.82) is 0 Å². The zero-order chi connectivity index (χ0) is 12.3. The van der Waals surface area contributed by atoms with Crippen molar-refractivity contribution in [2.75, 3.05) is 6.54 Å². The van der Waals surface area contributed by atoms with E-state index in [4.69, 9.17) is 11.6 Å². The molecule has 0 heterocycles. The summed E-state index contributed by atoms with van der Waals surface area (Å²) in [6.45, 7) is 2.94. The Hall–Kier alpha value is -1.07. The van der Waals surface area contributed by atoms with Gasteiger partial charge in [0.2, 0.25) is 5.91 Å². The van der Waals surface area contributed by atoms with Gasteiger partial charge in [0.15, 0.2) is 0 Å². The van der Waals surface area contributed by atoms with Gasteiger partial charge in [-0.25, -0.2) is 12.7 Å². The first-order chi connectivity index (χ1) is 7.39. The van der Waals surface area contributed by atoms with Crippen molar-refractivity contribution >= 4 is 27.5 Å². The largest absolute Gasteiger partial charge is 0.274 e. The fraction of sp³-hybridized carbons (Fsp3) is 0.300. The molecule has 0 atom stereocenters. The SMILES string of the molecule is CCN(C(C)=O)S(=O)(=O)c1ccc(Cl)cc1. The predicted octanol–water partition coefficient (Wildman–Crippen LogP) is 1.90. The molecule has 0 bridgehead atoms. The number of benzene rings is 1. The molecule has 1 rings (SSSR count). The first-order valence-corrected chi connectivity index (χ1v) is 6.50. The highest BCUT2D eigenvalue weighted by atomic mass is 35.5. The Bertz CT molecular complexity index is 481. The molecule has 1 amide bonds. The van der Waals surface area contributed by atoms with Crippen LogP contribution in [-0.4, -0.2) is 25.2 Å². The molecule has 0 radical (unpaired) electrons. The molecule has 1 aromatic carbocycles. The monoisotopic (exact) mass is 261 g/mol. The van der Waals surface area contributed by atoms with E-state index in [1.807, 2.05) is 0 Å². The van der Waals surface area contributed by atoms with Crippen molar-refractivity contribution < 1.29 is 13.2 Å². The van der Waals surface area contributed by atoms with E-state index >= 15 is 0 Å². The van der Waals surface area contributed by atoms with Crippen molar-refractivity contribution in [2.24, 2.45) is 0 Å². The Morgan fingerprint density at radius 2 is 1.81 bits per heavy atom. The smallest absolute Gasteiger partial charge is 0.266 e. The number of carbonyl (C=O) groups excluding carboxylic acids is 1. The number of carbonyl (C=O) groups is 1. The minimum absolute atomic E-state index is 0.0638. The summed E-state index contributed by atoms with van der Waals surface area (Å²) in [6.07, 6.45) is 0. The van der Waals surface area contributed by atoms with Gasteiger partial charge in [0.1, 0.15) is 0 Å². The molecular formula is C10H12ClNO3S. The Morgan fingerprint density at radius 3 is 2.19 bits per heavy atom. The summed E-state index contributed by atoms with van der Waals surface area (Å²) in [6, 6.07) is 5.71. The zero-order valence-corrected chi connectivity index (χ0v) is 10.5. The molecule has 0 saturated heterocycles. The van der Waals surface area contributed by atoms with E-state index in [9.17, 15) is 13.2 Å². The Morgan fingerprint density at radius 1 is 1.31 bits per heavy atom. The van der Waals surface area contributed by atoms with Crippen molar-refractivity contribution in [2.45, 2.75) is 18.7 Å². The Labute approximate surface area is 99.9 Å². The summed E-state index contributed by atoms with van der Waals surface area (Å²) >= 11 is 5.66. The van der Waals surface area contributed by atoms with Crippen molar-refractivity contribution in [3.8, 4) is 0 Å². The van der Waals surface area contributed by atoms with Crippen LogP contribution in [0.3, 0.4) is 0 Å². The zero-order valence-electron chi connectivity index (χ0n) is 8.97. The van der Waals surface area contributed by atoms with Crippen LogP contribution in [0.1, 0.15) is 13.8 Å². The number of rotatable bonds is 3. The van der Waals surface area contributed by atoms with Crippen molar-refractivity contribution in [1.82, 2.24) is 4.31 Å². The van der Waals surface area contributed by atoms with Gasteiger partial charge in [0, 0.05) is 18.5 Å². The van der Waals surface area contributed by atoms with Gasteiger partial charge in [0.05, 0.1) is 4.90 Å². The normalized spacial score (nSPS) is 11.2. The average Bonchev–Trinajstić information content (AvgIpc) is 2.18. The van der Waals surface area contributed by atoms with Crippen LogP contribution in [0, 0.1) is 0 Å². The molecule has 0 fully saturated rings. The third-order valence-electron chi connectivity index (χ3n) is 2.04. The standard InChI is InChI=1S/C10H12ClNO3S/c1-3-12(8(2)13)16(14,15)10-6-4-9(11)5-7-10/h4-7H,3H2,1-2H3. The van der Waals surface area contributed by atoms with Gasteiger partial charge in [-0.2, -0.15) is 0 Å². The molecular weight excluding hydrogens is 250 g/mol. The van der Waals surface area contributed by atoms with Crippen LogP contribution < -0.4 is 0 Å². The molecule has 0 spiro atoms. The summed E-state index contributed by atoms with van der Waals surface area (Å²) in [4.78, 5) is 11.2. The number of hydrogen-bond donors (Lipinski definition) is 0. The molecule has 88 valence electrons. The quantitative estimate of drug-likeness (QED) is 0.835. The molecule has 4 nitrogen and oxygen atoms in total. The molecule has 0 aliphatic carbocycles. The highest BCUT2D eigenvalue weighted by molar-refractivity contribution is 7.89. The number of sulfonamides is 1. The van der Waals surface area contributed by atoms with E-state index in [2.05, 4.69) is 0 Å². The van der Waals surface area contributed by atoms with Crippen molar-refractivity contribution in [3.05, 3.63) is 29.3 Å². The molecule has 1 aromatic rings. The third-order valence-corrected chi connectivity index (χ3v) is 4.26. The Kier molecular flexibility index (Phi) is 3.93. The second-order valence-corrected chi connectivity index (χ2v) is 5.44. The van der Waals surface area contributed by atoms with Crippen LogP contribution in [0.4, 0.5) is 0 Å². The third kappa shape index (κ3) is 2.54. The summed E-state index contributed by atoms with van der Waals surface area (Å²) in [7, 11) is -3.74. The minimum atomic E-state index is -3.74. The van der Waals surface area contributed by atoms with Crippen LogP contribution in [0.2, 0.25) is 5.02 Å². The first-order valence-electron chi connectivity index (χ1n) is 4.68. The molecule has 0 aliphatic rings. The number of hydrogen-bond acceptors (Lipinski definition) is 3. The average molecular weight is 262 g/mol. The molecule has 6 heteroatoms. The fourth-order valence-electron chi connectivity index (χ4n) is 1.30. The van der Waals surface area contributed by atoms with Gasteiger partial charge in [-0.15, -0.1) is 0 Å². The second kappa shape index (κ2) is 4.84. The number of amides is 1. The van der Waals surface area contributed by atoms with Crippen LogP contribution in [-0.2, 0) is 14.8 Å². The van der Waals surface area contributed by atoms with E-state index in [-0.39, 0.29) is 11.4 Å². The summed E-state index contributed by atoms with van der Waals surface area (Å²) in [5, 5.41) is 0.449. The van der Waals surface area contributed by atoms with Gasteiger partial charge in [-0.3, -0.25) is 4.79 Å². The van der Waals surface area contributed by atoms with Crippen molar-refractivity contribution in [3.63, 3.8) is 0 Å². The van der Waals surface area contributed by atoms with E-state index in [1.54, 1.807) is 6.92 Å². The van der Waals surface area contributed by atoms with Gasteiger partial charge >= 0.3 is 0 Å². The molecule has 0 aliphatic heterocycles. The van der Waals surface area contributed by atoms with Crippen LogP contribution in [0.25, 0.3) is 0 Å². The van der Waals surface area contributed by atoms with E-state index in [0.29, 0.717) is 5.02 Å². The van der Waals surface area contributed by atoms with Crippen LogP contribution in [0.15, 0.2) is 29.2 Å². The maximum Gasteiger partial charge on any atom is 0.266 e. The van der Waals surface area contributed by atoms with Crippen LogP contribution >= 0.6 is 11.6 Å². The van der Waals surface area contributed by atoms with E-state index in [0.717, 1.165) is 4.31 Å². The lowest BCUT2D eigenvalue weighted by Crippen LogP contribution is -2.34. The first kappa shape index (κ1) is 13.0. The summed E-state index contributed by atoms with van der Waals surface area (Å²) in [5.41, 5.74) is 0. The lowest BCUT2D eigenvalue weighted by molar-refractivity contribution is -0.124. The topological polar surface area (TPSA) is 54.5 Å². The molecule has 0 saturated carbocycles. The predicted molar refractivity (Wildman–Crippen MR) is 61.7 cm³/mol. The maximum atomic E-state index is 12.0. The van der Waals surface area contributed by atoms with Crippen LogP contribution in [0.5, 0.6) is 0 Å². The highest BCUT2D eigenvalue weighted by Gasteiger charge is 2.24.